The van der Waals surface area contributed by atoms with Gasteiger partial charge in [0.15, 0.2) is 0 Å². The second kappa shape index (κ2) is 6.81. The molecule has 19 heavy (non-hydrogen) atoms. The number of hydrogen-bond acceptors (Lipinski definition) is 2. The molecular weight excluding hydrogens is 419 g/mol. The van der Waals surface area contributed by atoms with Crippen LogP contribution in [0.2, 0.25) is 0 Å². The Morgan fingerprint density at radius 2 is 1.84 bits per heavy atom. The number of benzene rings is 2. The van der Waals surface area contributed by atoms with Crippen LogP contribution in [-0.4, -0.2) is 12.1 Å². The molecule has 0 saturated heterocycles. The second-order valence-electron chi connectivity index (χ2n) is 3.73. The fraction of sp³-hybridized carbons (Fsp3) is 0. The number of carbonyl (C=O) groups excluding carboxylic acids is 1. The Labute approximate surface area is 133 Å². The first-order valence-electron chi connectivity index (χ1n) is 5.50. The van der Waals surface area contributed by atoms with Crippen LogP contribution in [0, 0.1) is 3.57 Å². The first-order chi connectivity index (χ1) is 9.16. The number of rotatable bonds is 3. The molecule has 2 aromatic carbocycles. The molecule has 0 spiro atoms. The van der Waals surface area contributed by atoms with Gasteiger partial charge in [-0.15, -0.1) is 0 Å². The Bertz CT molecular complexity index is 611. The molecule has 96 valence electrons. The largest absolute Gasteiger partial charge is 0.272 e. The Morgan fingerprint density at radius 3 is 2.53 bits per heavy atom. The van der Waals surface area contributed by atoms with E-state index in [4.69, 9.17) is 0 Å². The quantitative estimate of drug-likeness (QED) is 0.450. The van der Waals surface area contributed by atoms with Gasteiger partial charge in [0.2, 0.25) is 0 Å². The zero-order valence-electron chi connectivity index (χ0n) is 9.81. The standard InChI is InChI=1S/C14H10BrIN2O/c15-11-7-5-10(6-8-11)9-17-18-14(19)12-3-1-2-4-13(12)16/h1-9H,(H,18,19)/b17-9-. The Kier molecular flexibility index (Phi) is 5.09. The molecule has 0 radical (unpaired) electrons. The minimum absolute atomic E-state index is 0.210. The van der Waals surface area contributed by atoms with Crippen molar-refractivity contribution in [3.05, 3.63) is 67.7 Å². The van der Waals surface area contributed by atoms with Gasteiger partial charge < -0.3 is 0 Å². The van der Waals surface area contributed by atoms with Gasteiger partial charge >= 0.3 is 0 Å². The molecule has 2 rings (SSSR count). The van der Waals surface area contributed by atoms with E-state index in [1.54, 1.807) is 12.3 Å². The Hall–Kier alpha value is -1.21. The SMILES string of the molecule is O=C(N/N=C\c1ccc(Br)cc1)c1ccccc1I. The summed E-state index contributed by atoms with van der Waals surface area (Å²) in [7, 11) is 0. The van der Waals surface area contributed by atoms with Crippen molar-refractivity contribution in [3.63, 3.8) is 0 Å². The van der Waals surface area contributed by atoms with Crippen LogP contribution in [0.4, 0.5) is 0 Å². The van der Waals surface area contributed by atoms with E-state index < -0.39 is 0 Å². The third kappa shape index (κ3) is 4.14. The molecule has 3 nitrogen and oxygen atoms in total. The molecule has 0 aliphatic rings. The molecule has 0 atom stereocenters. The van der Waals surface area contributed by atoms with Gasteiger partial charge in [-0.3, -0.25) is 4.79 Å². The highest BCUT2D eigenvalue weighted by Gasteiger charge is 2.07. The van der Waals surface area contributed by atoms with E-state index in [0.29, 0.717) is 5.56 Å². The van der Waals surface area contributed by atoms with Crippen LogP contribution in [0.1, 0.15) is 15.9 Å². The average Bonchev–Trinajstić information content (AvgIpc) is 2.41. The first-order valence-corrected chi connectivity index (χ1v) is 7.37. The fourth-order valence-electron chi connectivity index (χ4n) is 1.42. The molecule has 1 N–H and O–H groups in total. The number of amides is 1. The van der Waals surface area contributed by atoms with E-state index >= 15 is 0 Å². The molecule has 0 fully saturated rings. The minimum atomic E-state index is -0.210. The van der Waals surface area contributed by atoms with Crippen LogP contribution in [0.25, 0.3) is 0 Å². The second-order valence-corrected chi connectivity index (χ2v) is 5.81. The van der Waals surface area contributed by atoms with Gasteiger partial charge in [0.1, 0.15) is 0 Å². The summed E-state index contributed by atoms with van der Waals surface area (Å²) in [4.78, 5) is 11.9. The molecule has 0 aliphatic carbocycles. The highest BCUT2D eigenvalue weighted by molar-refractivity contribution is 14.1. The number of hydrazone groups is 1. The Balaban J connectivity index is 2.01. The van der Waals surface area contributed by atoms with Gasteiger partial charge in [-0.1, -0.05) is 40.2 Å². The normalized spacial score (nSPS) is 10.6. The van der Waals surface area contributed by atoms with Crippen molar-refractivity contribution >= 4 is 50.6 Å². The predicted molar refractivity (Wildman–Crippen MR) is 88.4 cm³/mol. The van der Waals surface area contributed by atoms with Crippen LogP contribution < -0.4 is 5.43 Å². The fourth-order valence-corrected chi connectivity index (χ4v) is 2.32. The molecule has 0 aromatic heterocycles. The lowest BCUT2D eigenvalue weighted by Crippen LogP contribution is -2.18. The maximum atomic E-state index is 11.9. The monoisotopic (exact) mass is 428 g/mol. The highest BCUT2D eigenvalue weighted by Crippen LogP contribution is 2.11. The Morgan fingerprint density at radius 1 is 1.16 bits per heavy atom. The third-order valence-corrected chi connectivity index (χ3v) is 3.84. The maximum absolute atomic E-state index is 11.9. The topological polar surface area (TPSA) is 41.5 Å². The van der Waals surface area contributed by atoms with Crippen molar-refractivity contribution in [1.82, 2.24) is 5.43 Å². The summed E-state index contributed by atoms with van der Waals surface area (Å²) in [6.07, 6.45) is 1.61. The summed E-state index contributed by atoms with van der Waals surface area (Å²) in [6, 6.07) is 15.0. The molecular formula is C14H10BrIN2O. The summed E-state index contributed by atoms with van der Waals surface area (Å²) in [5.41, 5.74) is 4.06. The van der Waals surface area contributed by atoms with Crippen LogP contribution in [0.3, 0.4) is 0 Å². The van der Waals surface area contributed by atoms with E-state index in [1.807, 2.05) is 42.5 Å². The number of carbonyl (C=O) groups is 1. The van der Waals surface area contributed by atoms with Gasteiger partial charge in [0.25, 0.3) is 5.91 Å². The number of hydrogen-bond donors (Lipinski definition) is 1. The molecule has 1 amide bonds. The van der Waals surface area contributed by atoms with Crippen molar-refractivity contribution < 1.29 is 4.79 Å². The van der Waals surface area contributed by atoms with E-state index in [0.717, 1.165) is 13.6 Å². The van der Waals surface area contributed by atoms with Gasteiger partial charge in [-0.05, 0) is 52.4 Å². The lowest BCUT2D eigenvalue weighted by Gasteiger charge is -2.01. The molecule has 0 heterocycles. The van der Waals surface area contributed by atoms with Gasteiger partial charge in [0, 0.05) is 8.04 Å². The van der Waals surface area contributed by atoms with Gasteiger partial charge in [0.05, 0.1) is 11.8 Å². The molecule has 5 heteroatoms. The van der Waals surface area contributed by atoms with Gasteiger partial charge in [-0.2, -0.15) is 5.10 Å². The average molecular weight is 429 g/mol. The maximum Gasteiger partial charge on any atom is 0.272 e. The van der Waals surface area contributed by atoms with Crippen molar-refractivity contribution in [1.29, 1.82) is 0 Å². The highest BCUT2D eigenvalue weighted by atomic mass is 127. The minimum Gasteiger partial charge on any atom is -0.267 e. The van der Waals surface area contributed by atoms with Crippen LogP contribution in [0.15, 0.2) is 58.1 Å². The van der Waals surface area contributed by atoms with Crippen LogP contribution in [0.5, 0.6) is 0 Å². The van der Waals surface area contributed by atoms with Crippen molar-refractivity contribution in [2.75, 3.05) is 0 Å². The zero-order valence-corrected chi connectivity index (χ0v) is 13.6. The smallest absolute Gasteiger partial charge is 0.267 e. The lowest BCUT2D eigenvalue weighted by atomic mass is 10.2. The van der Waals surface area contributed by atoms with E-state index in [9.17, 15) is 4.79 Å². The summed E-state index contributed by atoms with van der Waals surface area (Å²) < 4.78 is 1.91. The predicted octanol–water partition coefficient (Wildman–Crippen LogP) is 3.82. The molecule has 0 unspecified atom stereocenters. The van der Waals surface area contributed by atoms with Crippen LogP contribution >= 0.6 is 38.5 Å². The first kappa shape index (κ1) is 14.2. The summed E-state index contributed by atoms with van der Waals surface area (Å²) in [5, 5.41) is 3.95. The van der Waals surface area contributed by atoms with Gasteiger partial charge in [-0.25, -0.2) is 5.43 Å². The van der Waals surface area contributed by atoms with Crippen molar-refractivity contribution in [2.24, 2.45) is 5.10 Å². The summed E-state index contributed by atoms with van der Waals surface area (Å²) in [5.74, 6) is -0.210. The zero-order chi connectivity index (χ0) is 13.7. The number of nitrogens with one attached hydrogen (secondary N) is 1. The van der Waals surface area contributed by atoms with E-state index in [2.05, 4.69) is 49.0 Å². The summed E-state index contributed by atoms with van der Waals surface area (Å²) >= 11 is 5.48. The van der Waals surface area contributed by atoms with Crippen molar-refractivity contribution in [2.45, 2.75) is 0 Å². The number of nitrogens with zero attached hydrogens (tertiary/aromatic N) is 1. The lowest BCUT2D eigenvalue weighted by molar-refractivity contribution is 0.0954. The summed E-state index contributed by atoms with van der Waals surface area (Å²) in [6.45, 7) is 0. The van der Waals surface area contributed by atoms with Crippen molar-refractivity contribution in [3.8, 4) is 0 Å². The molecule has 0 bridgehead atoms. The van der Waals surface area contributed by atoms with Crippen LogP contribution in [-0.2, 0) is 0 Å². The third-order valence-electron chi connectivity index (χ3n) is 2.37. The number of halogens is 2. The molecule has 0 saturated carbocycles. The van der Waals surface area contributed by atoms with E-state index in [-0.39, 0.29) is 5.91 Å². The molecule has 2 aromatic rings. The molecule has 0 aliphatic heterocycles. The van der Waals surface area contributed by atoms with E-state index in [1.165, 1.54) is 0 Å².